The number of carbonyl (C=O) groups excluding carboxylic acids is 1. The largest absolute Gasteiger partial charge is 0.446 e. The molecule has 2 aliphatic rings. The zero-order valence-corrected chi connectivity index (χ0v) is 21.7. The Labute approximate surface area is 229 Å². The number of alkyl halides is 9. The average Bonchev–Trinajstić information content (AvgIpc) is 3.69. The van der Waals surface area contributed by atoms with Gasteiger partial charge in [0.05, 0.1) is 28.5 Å². The van der Waals surface area contributed by atoms with E-state index < -0.39 is 71.6 Å². The smallest absolute Gasteiger partial charge is 0.416 e. The Bertz CT molecular complexity index is 1310. The lowest BCUT2D eigenvalue weighted by molar-refractivity contribution is -0.143. The average molecular weight is 593 g/mol. The lowest BCUT2D eigenvalue weighted by atomic mass is 9.87. The minimum atomic E-state index is -5.12. The molecule has 0 bridgehead atoms. The second-order valence-corrected chi connectivity index (χ2v) is 10.3. The van der Waals surface area contributed by atoms with Crippen LogP contribution in [-0.2, 0) is 29.8 Å². The molecule has 1 amide bonds. The normalized spacial score (nSPS) is 19.5. The summed E-state index contributed by atoms with van der Waals surface area (Å²) in [5.74, 6) is -0.0781. The lowest BCUT2D eigenvalue weighted by Gasteiger charge is -2.41. The Morgan fingerprint density at radius 2 is 1.51 bits per heavy atom. The van der Waals surface area contributed by atoms with Crippen molar-refractivity contribution in [2.75, 3.05) is 4.90 Å². The molecule has 0 N–H and O–H groups in total. The summed E-state index contributed by atoms with van der Waals surface area (Å²) in [4.78, 5) is 17.7. The molecular weight excluding hydrogens is 569 g/mol. The van der Waals surface area contributed by atoms with Gasteiger partial charge in [0.1, 0.15) is 12.6 Å². The van der Waals surface area contributed by atoms with E-state index in [-0.39, 0.29) is 29.7 Å². The highest BCUT2D eigenvalue weighted by Crippen LogP contribution is 2.50. The molecule has 0 spiro atoms. The molecule has 0 saturated heterocycles. The van der Waals surface area contributed by atoms with E-state index in [1.54, 1.807) is 13.8 Å². The van der Waals surface area contributed by atoms with Crippen molar-refractivity contribution in [2.24, 2.45) is 5.92 Å². The summed E-state index contributed by atoms with van der Waals surface area (Å²) >= 11 is 0. The first-order chi connectivity index (χ1) is 18.9. The van der Waals surface area contributed by atoms with Crippen LogP contribution in [0.2, 0.25) is 0 Å². The Morgan fingerprint density at radius 3 is 1.98 bits per heavy atom. The Kier molecular flexibility index (Phi) is 7.88. The maximum absolute atomic E-state index is 13.7. The predicted molar refractivity (Wildman–Crippen MR) is 128 cm³/mol. The molecule has 2 aromatic rings. The van der Waals surface area contributed by atoms with Gasteiger partial charge >= 0.3 is 24.6 Å². The second kappa shape index (κ2) is 10.6. The first kappa shape index (κ1) is 30.3. The van der Waals surface area contributed by atoms with E-state index in [4.69, 9.17) is 11.3 Å². The lowest BCUT2D eigenvalue weighted by Crippen LogP contribution is -2.48. The first-order valence-electron chi connectivity index (χ1n) is 12.5. The molecule has 4 rings (SSSR count). The maximum atomic E-state index is 13.7. The molecule has 0 aromatic heterocycles. The quantitative estimate of drug-likeness (QED) is 0.198. The van der Waals surface area contributed by atoms with Crippen LogP contribution in [0.5, 0.6) is 0 Å². The number of rotatable bonds is 5. The molecule has 0 unspecified atom stereocenters. The van der Waals surface area contributed by atoms with Gasteiger partial charge in [-0.2, -0.15) is 51.0 Å². The Hall–Kier alpha value is -3.63. The summed E-state index contributed by atoms with van der Waals surface area (Å²) < 4.78 is 127. The molecule has 1 fully saturated rings. The number of amides is 1. The fourth-order valence-electron chi connectivity index (χ4n) is 5.03. The van der Waals surface area contributed by atoms with E-state index in [0.29, 0.717) is 25.0 Å². The molecule has 1 heterocycles. The molecule has 41 heavy (non-hydrogen) atoms. The number of hydrogen-bond acceptors (Lipinski definition) is 3. The summed E-state index contributed by atoms with van der Waals surface area (Å²) in [6.07, 6.45) is -15.1. The minimum absolute atomic E-state index is 0.0328. The number of fused-ring (bicyclic) bond motifs is 1. The topological polar surface area (TPSA) is 37.1 Å². The molecule has 5 nitrogen and oxygen atoms in total. The fourth-order valence-corrected chi connectivity index (χ4v) is 5.03. The molecule has 1 saturated carbocycles. The van der Waals surface area contributed by atoms with Gasteiger partial charge in [-0.25, -0.2) is 4.79 Å². The van der Waals surface area contributed by atoms with Crippen LogP contribution in [0, 0.1) is 12.5 Å². The summed E-state index contributed by atoms with van der Waals surface area (Å²) in [7, 11) is 0. The molecule has 1 aliphatic heterocycles. The van der Waals surface area contributed by atoms with Gasteiger partial charge in [-0.3, -0.25) is 4.90 Å². The van der Waals surface area contributed by atoms with Crippen molar-refractivity contribution in [3.63, 3.8) is 0 Å². The van der Waals surface area contributed by atoms with Gasteiger partial charge in [0.2, 0.25) is 0 Å². The minimum Gasteiger partial charge on any atom is -0.446 e. The number of benzene rings is 2. The molecule has 2 atom stereocenters. The van der Waals surface area contributed by atoms with E-state index in [2.05, 4.69) is 4.95 Å². The highest BCUT2D eigenvalue weighted by molar-refractivity contribution is 5.90. The van der Waals surface area contributed by atoms with E-state index in [9.17, 15) is 44.3 Å². The monoisotopic (exact) mass is 593 g/mol. The van der Waals surface area contributed by atoms with Gasteiger partial charge in [0.15, 0.2) is 0 Å². The summed E-state index contributed by atoms with van der Waals surface area (Å²) in [5.41, 5.74) is -4.82. The number of anilines is 1. The highest BCUT2D eigenvalue weighted by Gasteiger charge is 2.48. The van der Waals surface area contributed by atoms with Crippen molar-refractivity contribution in [3.05, 3.63) is 75.7 Å². The zero-order chi connectivity index (χ0) is 30.5. The van der Waals surface area contributed by atoms with Crippen LogP contribution in [0.1, 0.15) is 67.0 Å². The third-order valence-electron chi connectivity index (χ3n) is 6.95. The van der Waals surface area contributed by atoms with Crippen LogP contribution in [0.3, 0.4) is 0 Å². The predicted octanol–water partition coefficient (Wildman–Crippen LogP) is 8.65. The van der Waals surface area contributed by atoms with Crippen LogP contribution >= 0.6 is 0 Å². The van der Waals surface area contributed by atoms with E-state index in [1.807, 2.05) is 0 Å². The number of halogens is 9. The molecule has 0 radical (unpaired) electrons. The summed E-state index contributed by atoms with van der Waals surface area (Å²) in [6, 6.07) is 1.72. The standard InChI is InChI=1S/C27H24F9N3O2/c1-14(2)41-24(40)39-21-7-6-17(25(28,29)30)11-20(21)23(12-22(39)16-4-5-16)38(37-3)13-15-8-18(26(31,32)33)10-19(9-15)27(34,35)36/h6-11,14,16,22-23H,4-5,12-13H2,1-2H3/t22-,23-/m0/s1. The van der Waals surface area contributed by atoms with Crippen molar-refractivity contribution in [3.8, 4) is 0 Å². The molecule has 14 heteroatoms. The van der Waals surface area contributed by atoms with Gasteiger partial charge in [-0.05, 0) is 81.0 Å². The maximum Gasteiger partial charge on any atom is 0.416 e. The van der Waals surface area contributed by atoms with Gasteiger partial charge in [-0.15, -0.1) is 0 Å². The van der Waals surface area contributed by atoms with Crippen molar-refractivity contribution in [1.29, 1.82) is 0 Å². The van der Waals surface area contributed by atoms with Crippen molar-refractivity contribution in [2.45, 2.75) is 76.4 Å². The highest BCUT2D eigenvalue weighted by atomic mass is 19.4. The number of hydrogen-bond donors (Lipinski definition) is 0. The summed E-state index contributed by atoms with van der Waals surface area (Å²) in [6.45, 7) is 10.2. The van der Waals surface area contributed by atoms with E-state index in [0.717, 1.165) is 23.2 Å². The van der Waals surface area contributed by atoms with Crippen molar-refractivity contribution >= 4 is 11.8 Å². The number of ether oxygens (including phenoxy) is 1. The SMILES string of the molecule is [C-]#[N+]N(Cc1cc(C(F)(F)F)cc(C(F)(F)F)c1)[C@H]1C[C@@H](C2CC2)N(C(=O)OC(C)C)c2ccc(C(F)(F)F)cc21. The first-order valence-corrected chi connectivity index (χ1v) is 12.5. The van der Waals surface area contributed by atoms with Gasteiger partial charge in [0.25, 0.3) is 0 Å². The molecule has 1 aliphatic carbocycles. The van der Waals surface area contributed by atoms with Crippen LogP contribution < -0.4 is 4.90 Å². The molecule has 222 valence electrons. The molecular formula is C27H24F9N3O2. The van der Waals surface area contributed by atoms with Gasteiger partial charge < -0.3 is 4.74 Å². The van der Waals surface area contributed by atoms with E-state index >= 15 is 0 Å². The fraction of sp³-hybridized carbons (Fsp3) is 0.481. The molecule has 2 aromatic carbocycles. The van der Waals surface area contributed by atoms with Gasteiger partial charge in [-0.1, -0.05) is 5.01 Å². The Balaban J connectivity index is 1.82. The van der Waals surface area contributed by atoms with Crippen LogP contribution in [0.25, 0.3) is 4.95 Å². The third kappa shape index (κ3) is 6.65. The van der Waals surface area contributed by atoms with Crippen LogP contribution in [0.4, 0.5) is 50.0 Å². The zero-order valence-electron chi connectivity index (χ0n) is 21.7. The Morgan fingerprint density at radius 1 is 0.951 bits per heavy atom. The van der Waals surface area contributed by atoms with Crippen molar-refractivity contribution in [1.82, 2.24) is 5.01 Å². The van der Waals surface area contributed by atoms with Gasteiger partial charge in [0, 0.05) is 11.6 Å². The van der Waals surface area contributed by atoms with Crippen LogP contribution in [-0.4, -0.2) is 23.2 Å². The number of carbonyl (C=O) groups is 1. The second-order valence-electron chi connectivity index (χ2n) is 10.3. The summed E-state index contributed by atoms with van der Waals surface area (Å²) in [5, 5.41) is 0.842. The van der Waals surface area contributed by atoms with Crippen LogP contribution in [0.15, 0.2) is 36.4 Å². The van der Waals surface area contributed by atoms with Crippen molar-refractivity contribution < 1.29 is 49.0 Å². The number of nitrogens with zero attached hydrogens (tertiary/aromatic N) is 3. The van der Waals surface area contributed by atoms with E-state index in [1.165, 1.54) is 4.90 Å². The third-order valence-corrected chi connectivity index (χ3v) is 6.95.